The van der Waals surface area contributed by atoms with Crippen molar-refractivity contribution in [2.24, 2.45) is 0 Å². The van der Waals surface area contributed by atoms with Gasteiger partial charge >= 0.3 is 6.07 Å². The molecule has 1 heteroatoms. The Kier molecular flexibility index (Phi) is 5.03. The fraction of sp³-hybridized carbons (Fsp3) is 0.190. The second kappa shape index (κ2) is 7.17. The zero-order chi connectivity index (χ0) is 15.9. The van der Waals surface area contributed by atoms with Crippen molar-refractivity contribution < 1.29 is 0 Å². The van der Waals surface area contributed by atoms with E-state index < -0.39 is 0 Å². The van der Waals surface area contributed by atoms with Gasteiger partial charge in [0.25, 0.3) is 7.05 Å². The van der Waals surface area contributed by atoms with Gasteiger partial charge in [0.05, 0.1) is 0 Å². The molecule has 2 aromatic carbocycles. The third-order valence-electron chi connectivity index (χ3n) is 3.17. The molecule has 0 radical (unpaired) electrons. The molecule has 0 aliphatic heterocycles. The van der Waals surface area contributed by atoms with Gasteiger partial charge in [-0.15, -0.1) is 5.92 Å². The van der Waals surface area contributed by atoms with Crippen LogP contribution in [0.25, 0.3) is 4.85 Å². The maximum atomic E-state index is 3.97. The van der Waals surface area contributed by atoms with E-state index in [2.05, 4.69) is 66.6 Å². The number of benzene rings is 2. The number of nitrogens with zero attached hydrogens (tertiary/aromatic N) is 1. The van der Waals surface area contributed by atoms with Crippen LogP contribution in [0, 0.1) is 43.6 Å². The van der Waals surface area contributed by atoms with Crippen molar-refractivity contribution in [1.82, 2.24) is 0 Å². The molecule has 0 saturated heterocycles. The summed E-state index contributed by atoms with van der Waals surface area (Å²) in [6.07, 6.45) is 0. The third kappa shape index (κ3) is 3.79. The lowest BCUT2D eigenvalue weighted by molar-refractivity contribution is 1.42. The summed E-state index contributed by atoms with van der Waals surface area (Å²) in [6.45, 7) is 5.95. The maximum absolute atomic E-state index is 3.97. The molecule has 0 heterocycles. The van der Waals surface area contributed by atoms with Crippen molar-refractivity contribution in [3.63, 3.8) is 0 Å². The fourth-order valence-electron chi connectivity index (χ4n) is 2.12. The SMILES string of the molecule is CC#Cc1ccc(C)cc1C#Cc1cc(C)ccc1C#[N+]C. The highest BCUT2D eigenvalue weighted by molar-refractivity contribution is 5.57. The molecular weight excluding hydrogens is 266 g/mol. The Labute approximate surface area is 132 Å². The van der Waals surface area contributed by atoms with Crippen molar-refractivity contribution in [2.45, 2.75) is 20.8 Å². The van der Waals surface area contributed by atoms with Crippen LogP contribution in [-0.2, 0) is 0 Å². The molecule has 0 bridgehead atoms. The van der Waals surface area contributed by atoms with E-state index in [0.29, 0.717) is 0 Å². The van der Waals surface area contributed by atoms with Crippen LogP contribution in [0.2, 0.25) is 0 Å². The highest BCUT2D eigenvalue weighted by atomic mass is 14.6. The molecule has 0 amide bonds. The monoisotopic (exact) mass is 284 g/mol. The van der Waals surface area contributed by atoms with Crippen LogP contribution < -0.4 is 0 Å². The average Bonchev–Trinajstić information content (AvgIpc) is 2.50. The molecular formula is C21H18N+. The molecule has 106 valence electrons. The van der Waals surface area contributed by atoms with Crippen LogP contribution >= 0.6 is 0 Å². The Hall–Kier alpha value is -2.95. The number of hydrogen-bond acceptors (Lipinski definition) is 0. The normalized spacial score (nSPS) is 8.73. The van der Waals surface area contributed by atoms with Crippen LogP contribution in [0.15, 0.2) is 36.4 Å². The van der Waals surface area contributed by atoms with E-state index >= 15 is 0 Å². The second-order valence-corrected chi connectivity index (χ2v) is 5.06. The van der Waals surface area contributed by atoms with Gasteiger partial charge in [0.15, 0.2) is 0 Å². The van der Waals surface area contributed by atoms with Crippen LogP contribution in [0.3, 0.4) is 0 Å². The van der Waals surface area contributed by atoms with Gasteiger partial charge in [-0.1, -0.05) is 34.7 Å². The van der Waals surface area contributed by atoms with Crippen LogP contribution in [0.5, 0.6) is 0 Å². The lowest BCUT2D eigenvalue weighted by Gasteiger charge is -1.99. The van der Waals surface area contributed by atoms with Crippen LogP contribution in [0.4, 0.5) is 0 Å². The zero-order valence-electron chi connectivity index (χ0n) is 13.4. The topological polar surface area (TPSA) is 4.36 Å². The molecule has 0 aliphatic carbocycles. The first-order chi connectivity index (χ1) is 10.6. The van der Waals surface area contributed by atoms with E-state index in [1.54, 1.807) is 7.05 Å². The van der Waals surface area contributed by atoms with Gasteiger partial charge in [0.1, 0.15) is 5.56 Å². The van der Waals surface area contributed by atoms with E-state index in [1.165, 1.54) is 11.1 Å². The summed E-state index contributed by atoms with van der Waals surface area (Å²) in [5, 5.41) is 0. The molecule has 0 aromatic heterocycles. The Morgan fingerprint density at radius 2 is 1.27 bits per heavy atom. The summed E-state index contributed by atoms with van der Waals surface area (Å²) in [5.41, 5.74) is 6.11. The first-order valence-corrected chi connectivity index (χ1v) is 7.15. The smallest absolute Gasteiger partial charge is 0.101 e. The van der Waals surface area contributed by atoms with Gasteiger partial charge in [0.2, 0.25) is 0 Å². The van der Waals surface area contributed by atoms with Crippen molar-refractivity contribution in [3.8, 4) is 29.8 Å². The minimum absolute atomic E-state index is 0.913. The van der Waals surface area contributed by atoms with E-state index in [1.807, 2.05) is 25.1 Å². The molecule has 0 spiro atoms. The van der Waals surface area contributed by atoms with Crippen LogP contribution in [0.1, 0.15) is 40.3 Å². The molecule has 22 heavy (non-hydrogen) atoms. The van der Waals surface area contributed by atoms with Crippen molar-refractivity contribution >= 4 is 0 Å². The number of aryl methyl sites for hydroxylation is 2. The Morgan fingerprint density at radius 3 is 1.82 bits per heavy atom. The standard InChI is InChI=1S/C21H18N/c1-5-6-18-9-7-16(2)13-19(18)11-12-20-14-17(3)8-10-21(20)15-22-4/h7-10,13-14H,1-4H3/q+1. The van der Waals surface area contributed by atoms with Crippen molar-refractivity contribution in [3.05, 3.63) is 74.6 Å². The van der Waals surface area contributed by atoms with Gasteiger partial charge in [-0.2, -0.15) is 0 Å². The molecule has 2 rings (SSSR count). The minimum Gasteiger partial charge on any atom is -0.101 e. The summed E-state index contributed by atoms with van der Waals surface area (Å²) in [6, 6.07) is 15.2. The van der Waals surface area contributed by atoms with E-state index in [9.17, 15) is 0 Å². The highest BCUT2D eigenvalue weighted by Crippen LogP contribution is 2.12. The molecule has 0 fully saturated rings. The molecule has 0 unspecified atom stereocenters. The molecule has 2 aromatic rings. The van der Waals surface area contributed by atoms with Crippen molar-refractivity contribution in [1.29, 1.82) is 0 Å². The fourth-order valence-corrected chi connectivity index (χ4v) is 2.12. The first kappa shape index (κ1) is 15.4. The zero-order valence-corrected chi connectivity index (χ0v) is 13.4. The van der Waals surface area contributed by atoms with Gasteiger partial charge in [-0.05, 0) is 56.2 Å². The summed E-state index contributed by atoms with van der Waals surface area (Å²) in [4.78, 5) is 3.97. The number of hydrogen-bond donors (Lipinski definition) is 0. The summed E-state index contributed by atoms with van der Waals surface area (Å²) in [5.74, 6) is 12.5. The summed E-state index contributed by atoms with van der Waals surface area (Å²) < 4.78 is 0. The summed E-state index contributed by atoms with van der Waals surface area (Å²) in [7, 11) is 1.71. The number of rotatable bonds is 0. The lowest BCUT2D eigenvalue weighted by Crippen LogP contribution is -1.88. The first-order valence-electron chi connectivity index (χ1n) is 7.15. The van der Waals surface area contributed by atoms with Crippen molar-refractivity contribution in [2.75, 3.05) is 7.05 Å². The third-order valence-corrected chi connectivity index (χ3v) is 3.17. The van der Waals surface area contributed by atoms with Gasteiger partial charge < -0.3 is 0 Å². The van der Waals surface area contributed by atoms with Gasteiger partial charge in [0, 0.05) is 16.7 Å². The van der Waals surface area contributed by atoms with E-state index in [-0.39, 0.29) is 0 Å². The second-order valence-electron chi connectivity index (χ2n) is 5.06. The van der Waals surface area contributed by atoms with Gasteiger partial charge in [-0.3, -0.25) is 0 Å². The molecule has 0 aliphatic rings. The maximum Gasteiger partial charge on any atom is 0.311 e. The minimum atomic E-state index is 0.913. The lowest BCUT2D eigenvalue weighted by atomic mass is 10.0. The quantitative estimate of drug-likeness (QED) is 0.632. The largest absolute Gasteiger partial charge is 0.311 e. The molecule has 1 nitrogen and oxygen atoms in total. The summed E-state index contributed by atoms with van der Waals surface area (Å²) >= 11 is 0. The Morgan fingerprint density at radius 1 is 0.727 bits per heavy atom. The molecule has 0 atom stereocenters. The van der Waals surface area contributed by atoms with Gasteiger partial charge in [-0.25, -0.2) is 0 Å². The predicted octanol–water partition coefficient (Wildman–Crippen LogP) is 4.39. The molecule has 0 N–H and O–H groups in total. The van der Waals surface area contributed by atoms with E-state index in [4.69, 9.17) is 0 Å². The Balaban J connectivity index is 2.54. The predicted molar refractivity (Wildman–Crippen MR) is 93.2 cm³/mol. The highest BCUT2D eigenvalue weighted by Gasteiger charge is 2.03. The molecule has 0 saturated carbocycles. The average molecular weight is 284 g/mol. The van der Waals surface area contributed by atoms with Crippen LogP contribution in [-0.4, -0.2) is 7.05 Å². The Bertz CT molecular complexity index is 811. The van der Waals surface area contributed by atoms with E-state index in [0.717, 1.165) is 22.3 Å².